The number of amides is 1. The third-order valence-corrected chi connectivity index (χ3v) is 6.11. The highest BCUT2D eigenvalue weighted by Gasteiger charge is 2.37. The number of ether oxygens (including phenoxy) is 1. The van der Waals surface area contributed by atoms with Gasteiger partial charge < -0.3 is 9.29 Å². The van der Waals surface area contributed by atoms with Crippen molar-refractivity contribution < 1.29 is 31.6 Å². The summed E-state index contributed by atoms with van der Waals surface area (Å²) in [5.41, 5.74) is 3.59. The van der Waals surface area contributed by atoms with E-state index in [1.165, 1.54) is 28.2 Å². The number of carbonyl (C=O) groups excluding carboxylic acids is 1. The second-order valence-electron chi connectivity index (χ2n) is 6.93. The molecule has 4 rings (SSSR count). The summed E-state index contributed by atoms with van der Waals surface area (Å²) < 4.78 is 67.7. The number of anilines is 1. The molecule has 0 aliphatic carbocycles. The summed E-state index contributed by atoms with van der Waals surface area (Å²) in [7, 11) is 0. The number of hydrogen-bond acceptors (Lipinski definition) is 6. The minimum Gasteiger partial charge on any atom is -0.615 e. The van der Waals surface area contributed by atoms with Gasteiger partial charge in [-0.2, -0.15) is 0 Å². The molecule has 13 heteroatoms. The van der Waals surface area contributed by atoms with Crippen molar-refractivity contribution in [2.24, 2.45) is 0 Å². The number of benzene rings is 1. The monoisotopic (exact) mass is 490 g/mol. The quantitative estimate of drug-likeness (QED) is 0.403. The average molecular weight is 491 g/mol. The van der Waals surface area contributed by atoms with Crippen LogP contribution in [0, 0.1) is 5.82 Å². The summed E-state index contributed by atoms with van der Waals surface area (Å²) >= 11 is 4.82. The Labute approximate surface area is 187 Å². The number of nitrogens with one attached hydrogen (secondary N) is 1. The van der Waals surface area contributed by atoms with E-state index in [0.717, 1.165) is 12.1 Å². The van der Waals surface area contributed by atoms with Crippen LogP contribution < -0.4 is 15.2 Å². The minimum atomic E-state index is -5.00. The van der Waals surface area contributed by atoms with Gasteiger partial charge in [0.25, 0.3) is 0 Å². The molecule has 0 spiro atoms. The van der Waals surface area contributed by atoms with E-state index in [1.807, 2.05) is 0 Å². The van der Waals surface area contributed by atoms with Gasteiger partial charge in [-0.05, 0) is 35.5 Å². The fourth-order valence-electron chi connectivity index (χ4n) is 3.36. The predicted molar refractivity (Wildman–Crippen MR) is 109 cm³/mol. The third kappa shape index (κ3) is 5.09. The number of halogens is 5. The summed E-state index contributed by atoms with van der Waals surface area (Å²) in [6.45, 7) is 0.317. The van der Waals surface area contributed by atoms with Crippen LogP contribution in [0.3, 0.4) is 0 Å². The molecule has 0 saturated carbocycles. The topological polar surface area (TPSA) is 80.8 Å². The molecule has 7 nitrogen and oxygen atoms in total. The fourth-order valence-corrected chi connectivity index (χ4v) is 4.69. The number of alkyl halides is 3. The lowest BCUT2D eigenvalue weighted by Crippen LogP contribution is -2.47. The Hall–Kier alpha value is -2.54. The standard InChI is InChI=1S/C19H15ClF4N4O3S/c20-17-8-13(1-2-25-17)28-16(9-15(26-28)18(29)27-3-4-32(30)10-27)11-5-12(21)7-14(6-11)31-19(22,23)24/h1-2,5-9,15,26H,3-4,10H2. The molecule has 1 aromatic carbocycles. The van der Waals surface area contributed by atoms with Gasteiger partial charge in [0.1, 0.15) is 28.5 Å². The Morgan fingerprint density at radius 3 is 2.75 bits per heavy atom. The largest absolute Gasteiger partial charge is 0.615 e. The van der Waals surface area contributed by atoms with E-state index >= 15 is 0 Å². The van der Waals surface area contributed by atoms with E-state index in [9.17, 15) is 26.9 Å². The van der Waals surface area contributed by atoms with Gasteiger partial charge in [-0.1, -0.05) is 11.6 Å². The highest BCUT2D eigenvalue weighted by Crippen LogP contribution is 2.34. The van der Waals surface area contributed by atoms with Crippen LogP contribution >= 0.6 is 11.6 Å². The van der Waals surface area contributed by atoms with Crippen molar-refractivity contribution in [1.29, 1.82) is 0 Å². The van der Waals surface area contributed by atoms with E-state index < -0.39 is 35.1 Å². The van der Waals surface area contributed by atoms with E-state index in [0.29, 0.717) is 24.1 Å². The lowest BCUT2D eigenvalue weighted by Gasteiger charge is -2.25. The molecule has 0 bridgehead atoms. The summed E-state index contributed by atoms with van der Waals surface area (Å²) in [5.74, 6) is -1.63. The van der Waals surface area contributed by atoms with E-state index in [1.54, 1.807) is 6.07 Å². The molecule has 2 aliphatic rings. The molecule has 0 radical (unpaired) electrons. The maximum atomic E-state index is 14.1. The highest BCUT2D eigenvalue weighted by atomic mass is 35.5. The van der Waals surface area contributed by atoms with Gasteiger partial charge in [-0.3, -0.25) is 14.7 Å². The normalized spacial score (nSPS) is 21.1. The minimum absolute atomic E-state index is 0.0324. The third-order valence-electron chi connectivity index (χ3n) is 4.67. The zero-order chi connectivity index (χ0) is 23.0. The van der Waals surface area contributed by atoms with Crippen molar-refractivity contribution >= 4 is 40.1 Å². The molecule has 1 amide bonds. The zero-order valence-corrected chi connectivity index (χ0v) is 17.7. The van der Waals surface area contributed by atoms with Crippen molar-refractivity contribution in [3.05, 3.63) is 59.1 Å². The predicted octanol–water partition coefficient (Wildman–Crippen LogP) is 3.06. The van der Waals surface area contributed by atoms with Crippen LogP contribution in [0.25, 0.3) is 5.70 Å². The van der Waals surface area contributed by atoms with Gasteiger partial charge in [0, 0.05) is 23.9 Å². The van der Waals surface area contributed by atoms with Crippen LogP contribution in [-0.2, 0) is 16.0 Å². The second kappa shape index (κ2) is 8.77. The molecule has 2 unspecified atom stereocenters. The molecule has 1 fully saturated rings. The number of rotatable bonds is 4. The Bertz CT molecular complexity index is 1070. The van der Waals surface area contributed by atoms with Crippen LogP contribution in [0.1, 0.15) is 5.56 Å². The smallest absolute Gasteiger partial charge is 0.573 e. The second-order valence-corrected chi connectivity index (χ2v) is 8.86. The van der Waals surface area contributed by atoms with Crippen LogP contribution in [-0.4, -0.2) is 50.9 Å². The summed E-state index contributed by atoms with van der Waals surface area (Å²) in [6, 6.07) is 4.73. The zero-order valence-electron chi connectivity index (χ0n) is 16.1. The molecule has 170 valence electrons. The van der Waals surface area contributed by atoms with Crippen LogP contribution in [0.5, 0.6) is 5.75 Å². The molecule has 2 aromatic rings. The maximum Gasteiger partial charge on any atom is 0.573 e. The van der Waals surface area contributed by atoms with Gasteiger partial charge in [0.05, 0.1) is 17.9 Å². The summed E-state index contributed by atoms with van der Waals surface area (Å²) in [6.07, 6.45) is -2.15. The van der Waals surface area contributed by atoms with Gasteiger partial charge in [0.15, 0.2) is 5.88 Å². The number of pyridine rings is 1. The van der Waals surface area contributed by atoms with Gasteiger partial charge in [-0.25, -0.2) is 14.8 Å². The first-order valence-corrected chi connectivity index (χ1v) is 11.1. The van der Waals surface area contributed by atoms with E-state index in [4.69, 9.17) is 11.6 Å². The molecule has 3 heterocycles. The number of nitrogens with zero attached hydrogens (tertiary/aromatic N) is 3. The average Bonchev–Trinajstić information content (AvgIpc) is 3.32. The van der Waals surface area contributed by atoms with Crippen LogP contribution in [0.4, 0.5) is 23.2 Å². The molecule has 32 heavy (non-hydrogen) atoms. The number of hydrazine groups is 1. The molecular weight excluding hydrogens is 476 g/mol. The van der Waals surface area contributed by atoms with Crippen molar-refractivity contribution in [3.63, 3.8) is 0 Å². The summed E-state index contributed by atoms with van der Waals surface area (Å²) in [4.78, 5) is 18.2. The Kier molecular flexibility index (Phi) is 6.21. The molecule has 1 aromatic heterocycles. The van der Waals surface area contributed by atoms with E-state index in [-0.39, 0.29) is 28.2 Å². The lowest BCUT2D eigenvalue weighted by molar-refractivity contribution is -0.274. The van der Waals surface area contributed by atoms with Crippen molar-refractivity contribution in [2.45, 2.75) is 12.4 Å². The molecule has 2 aliphatic heterocycles. The van der Waals surface area contributed by atoms with Crippen molar-refractivity contribution in [3.8, 4) is 5.75 Å². The molecule has 1 saturated heterocycles. The highest BCUT2D eigenvalue weighted by molar-refractivity contribution is 7.91. The molecular formula is C19H15ClF4N4O3S. The number of carbonyl (C=O) groups is 1. The Balaban J connectivity index is 1.72. The number of hydrogen-bond donors (Lipinski definition) is 1. The lowest BCUT2D eigenvalue weighted by atomic mass is 10.1. The number of aromatic nitrogens is 1. The Morgan fingerprint density at radius 1 is 1.31 bits per heavy atom. The van der Waals surface area contributed by atoms with Crippen molar-refractivity contribution in [2.75, 3.05) is 23.2 Å². The SMILES string of the molecule is O=C(C1C=C(c2cc(F)cc(OC(F)(F)F)c2)N(c2ccnc(Cl)c2)N1)N1CC[S+]([O-])C1. The van der Waals surface area contributed by atoms with Crippen molar-refractivity contribution in [1.82, 2.24) is 15.3 Å². The first kappa shape index (κ1) is 22.6. The summed E-state index contributed by atoms with van der Waals surface area (Å²) in [5, 5.41) is 1.53. The van der Waals surface area contributed by atoms with Crippen LogP contribution in [0.2, 0.25) is 5.15 Å². The van der Waals surface area contributed by atoms with E-state index in [2.05, 4.69) is 15.1 Å². The first-order valence-electron chi connectivity index (χ1n) is 9.19. The fraction of sp³-hybridized carbons (Fsp3) is 0.263. The maximum absolute atomic E-state index is 14.1. The van der Waals surface area contributed by atoms with Gasteiger partial charge >= 0.3 is 6.36 Å². The Morgan fingerprint density at radius 2 is 2.09 bits per heavy atom. The first-order chi connectivity index (χ1) is 15.1. The molecule has 1 N–H and O–H groups in total. The van der Waals surface area contributed by atoms with Gasteiger partial charge in [-0.15, -0.1) is 13.2 Å². The van der Waals surface area contributed by atoms with Crippen LogP contribution in [0.15, 0.2) is 42.6 Å². The van der Waals surface area contributed by atoms with Gasteiger partial charge in [0.2, 0.25) is 5.91 Å². The molecule has 2 atom stereocenters.